The largest absolute Gasteiger partial charge is 0.485 e. The molecule has 10 heteroatoms. The third-order valence-corrected chi connectivity index (χ3v) is 6.28. The molecule has 33 heavy (non-hydrogen) atoms. The number of benzene rings is 1. The lowest BCUT2D eigenvalue weighted by atomic mass is 10.0. The lowest BCUT2D eigenvalue weighted by Crippen LogP contribution is -2.14. The number of aryl methyl sites for hydroxylation is 1. The van der Waals surface area contributed by atoms with Crippen molar-refractivity contribution in [3.63, 3.8) is 0 Å². The molecule has 2 N–H and O–H groups in total. The minimum atomic E-state index is -0.709. The predicted octanol–water partition coefficient (Wildman–Crippen LogP) is 3.80. The lowest BCUT2D eigenvalue weighted by Gasteiger charge is -2.11. The summed E-state index contributed by atoms with van der Waals surface area (Å²) in [6.07, 6.45) is 1.65. The summed E-state index contributed by atoms with van der Waals surface area (Å²) in [7, 11) is 0. The number of imidazole rings is 1. The van der Waals surface area contributed by atoms with E-state index >= 15 is 0 Å². The molecule has 1 unspecified atom stereocenters. The standard InChI is InChI=1S/C23H21F2N3O4S/c1-13-21(19(31)8-14(9-29)23-27-15(10-30)12-33-23)28-7-3-6-20(22(28)26-13)32-11-16-17(24)4-2-5-18(16)25/h2-7,12,14,29-30H,8-11H2,1H3. The van der Waals surface area contributed by atoms with Gasteiger partial charge in [-0.15, -0.1) is 11.3 Å². The van der Waals surface area contributed by atoms with E-state index in [1.54, 1.807) is 35.0 Å². The first kappa shape index (κ1) is 23.0. The molecular weight excluding hydrogens is 452 g/mol. The molecule has 0 fully saturated rings. The van der Waals surface area contributed by atoms with Crippen LogP contribution in [0.2, 0.25) is 0 Å². The van der Waals surface area contributed by atoms with Gasteiger partial charge in [-0.05, 0) is 31.2 Å². The van der Waals surface area contributed by atoms with Crippen molar-refractivity contribution in [3.8, 4) is 5.75 Å². The number of fused-ring (bicyclic) bond motifs is 1. The number of hydrogen-bond donors (Lipinski definition) is 2. The van der Waals surface area contributed by atoms with E-state index in [1.807, 2.05) is 0 Å². The zero-order valence-corrected chi connectivity index (χ0v) is 18.5. The Bertz CT molecular complexity index is 1280. The van der Waals surface area contributed by atoms with E-state index in [4.69, 9.17) is 4.74 Å². The van der Waals surface area contributed by atoms with Crippen molar-refractivity contribution in [1.29, 1.82) is 0 Å². The molecule has 0 aliphatic carbocycles. The number of halogens is 2. The summed E-state index contributed by atoms with van der Waals surface area (Å²) in [6, 6.07) is 6.85. The molecule has 172 valence electrons. The second-order valence-electron chi connectivity index (χ2n) is 7.44. The Morgan fingerprint density at radius 1 is 1.18 bits per heavy atom. The average Bonchev–Trinajstić information content (AvgIpc) is 3.41. The van der Waals surface area contributed by atoms with Crippen molar-refractivity contribution in [3.05, 3.63) is 81.2 Å². The van der Waals surface area contributed by atoms with Crippen LogP contribution >= 0.6 is 11.3 Å². The first-order chi connectivity index (χ1) is 15.9. The van der Waals surface area contributed by atoms with Crippen LogP contribution in [0.1, 0.15) is 44.8 Å². The Morgan fingerprint density at radius 2 is 1.94 bits per heavy atom. The molecular formula is C23H21F2N3O4S. The zero-order chi connectivity index (χ0) is 23.5. The van der Waals surface area contributed by atoms with Crippen molar-refractivity contribution in [2.45, 2.75) is 32.5 Å². The van der Waals surface area contributed by atoms with Gasteiger partial charge in [-0.1, -0.05) is 6.07 Å². The topological polar surface area (TPSA) is 97.0 Å². The highest BCUT2D eigenvalue weighted by Crippen LogP contribution is 2.28. The molecule has 0 aliphatic rings. The van der Waals surface area contributed by atoms with Gasteiger partial charge in [-0.25, -0.2) is 18.7 Å². The molecule has 0 bridgehead atoms. The van der Waals surface area contributed by atoms with Gasteiger partial charge in [0.2, 0.25) is 0 Å². The number of rotatable bonds is 9. The van der Waals surface area contributed by atoms with Crippen molar-refractivity contribution in [2.75, 3.05) is 6.61 Å². The van der Waals surface area contributed by atoms with Gasteiger partial charge in [-0.2, -0.15) is 0 Å². The highest BCUT2D eigenvalue weighted by atomic mass is 32.1. The van der Waals surface area contributed by atoms with E-state index in [0.717, 1.165) is 12.1 Å². The van der Waals surface area contributed by atoms with Crippen LogP contribution in [0.15, 0.2) is 41.9 Å². The highest BCUT2D eigenvalue weighted by Gasteiger charge is 2.24. The predicted molar refractivity (Wildman–Crippen MR) is 117 cm³/mol. The lowest BCUT2D eigenvalue weighted by molar-refractivity contribution is 0.0953. The van der Waals surface area contributed by atoms with Gasteiger partial charge in [0.1, 0.15) is 23.9 Å². The van der Waals surface area contributed by atoms with Gasteiger partial charge in [0.15, 0.2) is 17.2 Å². The smallest absolute Gasteiger partial charge is 0.182 e. The molecule has 1 atom stereocenters. The van der Waals surface area contributed by atoms with Crippen LogP contribution < -0.4 is 4.74 Å². The highest BCUT2D eigenvalue weighted by molar-refractivity contribution is 7.09. The summed E-state index contributed by atoms with van der Waals surface area (Å²) in [5.41, 5.74) is 1.41. The molecule has 0 radical (unpaired) electrons. The maximum atomic E-state index is 13.9. The van der Waals surface area contributed by atoms with E-state index in [1.165, 1.54) is 17.4 Å². The first-order valence-electron chi connectivity index (χ1n) is 10.2. The van der Waals surface area contributed by atoms with Gasteiger partial charge in [0.25, 0.3) is 0 Å². The molecule has 0 saturated carbocycles. The minimum absolute atomic E-state index is 0.00492. The van der Waals surface area contributed by atoms with Crippen molar-refractivity contribution in [1.82, 2.24) is 14.4 Å². The molecule has 3 aromatic heterocycles. The summed E-state index contributed by atoms with van der Waals surface area (Å²) >= 11 is 1.28. The summed E-state index contributed by atoms with van der Waals surface area (Å²) < 4.78 is 35.1. The minimum Gasteiger partial charge on any atom is -0.485 e. The van der Waals surface area contributed by atoms with E-state index in [-0.39, 0.29) is 43.3 Å². The summed E-state index contributed by atoms with van der Waals surface area (Å²) in [6.45, 7) is 0.857. The Hall–Kier alpha value is -3.21. The van der Waals surface area contributed by atoms with Gasteiger partial charge in [0.05, 0.1) is 35.2 Å². The third kappa shape index (κ3) is 4.63. The quantitative estimate of drug-likeness (QED) is 0.359. The second kappa shape index (κ2) is 9.74. The number of aliphatic hydroxyl groups excluding tert-OH is 2. The number of ketones is 1. The monoisotopic (exact) mass is 473 g/mol. The normalized spacial score (nSPS) is 12.3. The van der Waals surface area contributed by atoms with E-state index in [0.29, 0.717) is 27.7 Å². The molecule has 1 aromatic carbocycles. The Labute approximate surface area is 191 Å². The fourth-order valence-corrected chi connectivity index (χ4v) is 4.46. The third-order valence-electron chi connectivity index (χ3n) is 5.22. The molecule has 4 aromatic rings. The van der Waals surface area contributed by atoms with Crippen molar-refractivity contribution < 1.29 is 28.5 Å². The van der Waals surface area contributed by atoms with E-state index in [2.05, 4.69) is 9.97 Å². The summed E-state index contributed by atoms with van der Waals surface area (Å²) in [5, 5.41) is 21.3. The second-order valence-corrected chi connectivity index (χ2v) is 8.33. The number of thiazole rings is 1. The number of ether oxygens (including phenoxy) is 1. The van der Waals surface area contributed by atoms with Crippen LogP contribution in [0.3, 0.4) is 0 Å². The molecule has 7 nitrogen and oxygen atoms in total. The number of Topliss-reactive ketones (excluding diaryl/α,β-unsaturated/α-hetero) is 1. The van der Waals surface area contributed by atoms with Crippen LogP contribution in [-0.2, 0) is 13.2 Å². The Morgan fingerprint density at radius 3 is 2.61 bits per heavy atom. The van der Waals surface area contributed by atoms with Crippen LogP contribution in [-0.4, -0.2) is 37.0 Å². The van der Waals surface area contributed by atoms with Crippen LogP contribution in [0.4, 0.5) is 8.78 Å². The molecule has 0 spiro atoms. The fraction of sp³-hybridized carbons (Fsp3) is 0.261. The van der Waals surface area contributed by atoms with Crippen molar-refractivity contribution in [2.24, 2.45) is 0 Å². The van der Waals surface area contributed by atoms with Crippen molar-refractivity contribution >= 4 is 22.8 Å². The SMILES string of the molecule is Cc1nc2c(OCc3c(F)cccc3F)cccn2c1C(=O)CC(CO)c1nc(CO)cs1. The zero-order valence-electron chi connectivity index (χ0n) is 17.7. The molecule has 3 heterocycles. The van der Waals surface area contributed by atoms with Gasteiger partial charge < -0.3 is 14.9 Å². The first-order valence-corrected chi connectivity index (χ1v) is 11.0. The number of carbonyl (C=O) groups excluding carboxylic acids is 1. The van der Waals surface area contributed by atoms with Crippen LogP contribution in [0.5, 0.6) is 5.75 Å². The maximum Gasteiger partial charge on any atom is 0.182 e. The van der Waals surface area contributed by atoms with Gasteiger partial charge >= 0.3 is 0 Å². The molecule has 0 amide bonds. The molecule has 0 aliphatic heterocycles. The number of aliphatic hydroxyl groups is 2. The summed E-state index contributed by atoms with van der Waals surface area (Å²) in [5.74, 6) is -1.92. The fourth-order valence-electron chi connectivity index (χ4n) is 3.56. The van der Waals surface area contributed by atoms with Crippen LogP contribution in [0.25, 0.3) is 5.65 Å². The van der Waals surface area contributed by atoms with E-state index in [9.17, 15) is 23.8 Å². The maximum absolute atomic E-state index is 13.9. The molecule has 4 rings (SSSR count). The number of hydrogen-bond acceptors (Lipinski definition) is 7. The van der Waals surface area contributed by atoms with Gasteiger partial charge in [0, 0.05) is 23.9 Å². The number of aromatic nitrogens is 3. The molecule has 0 saturated heterocycles. The van der Waals surface area contributed by atoms with Crippen LogP contribution in [0, 0.1) is 18.6 Å². The Balaban J connectivity index is 1.60. The number of nitrogens with zero attached hydrogens (tertiary/aromatic N) is 3. The van der Waals surface area contributed by atoms with E-state index < -0.39 is 17.6 Å². The average molecular weight is 474 g/mol. The van der Waals surface area contributed by atoms with Gasteiger partial charge in [-0.3, -0.25) is 9.20 Å². The Kier molecular flexibility index (Phi) is 6.77. The number of carbonyl (C=O) groups is 1. The summed E-state index contributed by atoms with van der Waals surface area (Å²) in [4.78, 5) is 21.8. The number of pyridine rings is 1.